The van der Waals surface area contributed by atoms with Crippen LogP contribution in [0.2, 0.25) is 0 Å². The second kappa shape index (κ2) is 9.31. The molecule has 12 heteroatoms. The van der Waals surface area contributed by atoms with Gasteiger partial charge in [0.25, 0.3) is 0 Å². The van der Waals surface area contributed by atoms with Gasteiger partial charge in [0, 0.05) is 12.1 Å². The Morgan fingerprint density at radius 1 is 0.629 bits per heavy atom. The van der Waals surface area contributed by atoms with E-state index in [0.717, 1.165) is 12.1 Å². The second-order valence-electron chi connectivity index (χ2n) is 7.19. The molecule has 3 aromatic carbocycles. The van der Waals surface area contributed by atoms with Gasteiger partial charge in [-0.15, -0.1) is 0 Å². The predicted molar refractivity (Wildman–Crippen MR) is 103 cm³/mol. The minimum absolute atomic E-state index is 0.0732. The van der Waals surface area contributed by atoms with Crippen LogP contribution in [-0.4, -0.2) is 0 Å². The summed E-state index contributed by atoms with van der Waals surface area (Å²) in [6, 6.07) is 5.33. The lowest BCUT2D eigenvalue weighted by atomic mass is 10.1. The van der Waals surface area contributed by atoms with Crippen molar-refractivity contribution in [3.63, 3.8) is 0 Å². The maximum atomic E-state index is 14.4. The highest BCUT2D eigenvalue weighted by Crippen LogP contribution is 2.39. The summed E-state index contributed by atoms with van der Waals surface area (Å²) < 4.78 is 145. The molecule has 0 N–H and O–H groups in total. The summed E-state index contributed by atoms with van der Waals surface area (Å²) >= 11 is 0. The normalized spacial score (nSPS) is 12.5. The zero-order valence-electron chi connectivity index (χ0n) is 17.5. The van der Waals surface area contributed by atoms with Crippen LogP contribution in [0, 0.1) is 17.5 Å². The first-order valence-electron chi connectivity index (χ1n) is 9.73. The first-order chi connectivity index (χ1) is 16.1. The molecule has 0 aliphatic rings. The fraction of sp³-hybridized carbons (Fsp3) is 0.217. The van der Waals surface area contributed by atoms with Crippen LogP contribution in [0.25, 0.3) is 0 Å². The van der Waals surface area contributed by atoms with Crippen LogP contribution >= 0.6 is 0 Å². The van der Waals surface area contributed by atoms with E-state index in [9.17, 15) is 43.9 Å². The van der Waals surface area contributed by atoms with E-state index in [2.05, 4.69) is 9.47 Å². The number of alkyl halides is 7. The Labute approximate surface area is 191 Å². The molecule has 0 radical (unpaired) electrons. The minimum atomic E-state index is -5.41. The van der Waals surface area contributed by atoms with Crippen molar-refractivity contribution in [1.82, 2.24) is 0 Å². The molecular weight excluding hydrogens is 498 g/mol. The van der Waals surface area contributed by atoms with E-state index < -0.39 is 64.0 Å². The van der Waals surface area contributed by atoms with Crippen molar-refractivity contribution in [2.75, 3.05) is 0 Å². The number of benzene rings is 3. The molecule has 188 valence electrons. The summed E-state index contributed by atoms with van der Waals surface area (Å²) in [7, 11) is 0. The van der Waals surface area contributed by atoms with E-state index in [1.807, 2.05) is 0 Å². The van der Waals surface area contributed by atoms with E-state index in [-0.39, 0.29) is 12.1 Å². The largest absolute Gasteiger partial charge is 0.429 e. The molecule has 0 saturated heterocycles. The molecule has 3 aromatic rings. The standard InChI is InChI=1S/C23H14F10O2/c1-2-12-3-8-16(17(24)9-12)23(32,33)34-14-6-4-13(5-7-14)22(30,31)35-15-10-18(25)20(19(26)11-15)21(27,28)29/h3-11H,2H2,1H3. The van der Waals surface area contributed by atoms with E-state index in [1.54, 1.807) is 6.92 Å². The highest BCUT2D eigenvalue weighted by Gasteiger charge is 2.41. The average molecular weight is 512 g/mol. The van der Waals surface area contributed by atoms with Gasteiger partial charge in [-0.2, -0.15) is 30.7 Å². The third kappa shape index (κ3) is 5.80. The summed E-state index contributed by atoms with van der Waals surface area (Å²) in [5.41, 5.74) is -3.91. The van der Waals surface area contributed by atoms with Crippen LogP contribution in [0.1, 0.15) is 29.2 Å². The van der Waals surface area contributed by atoms with Crippen LogP contribution in [0.15, 0.2) is 54.6 Å². The highest BCUT2D eigenvalue weighted by molar-refractivity contribution is 5.35. The Morgan fingerprint density at radius 3 is 1.66 bits per heavy atom. The van der Waals surface area contributed by atoms with E-state index in [1.165, 1.54) is 6.07 Å². The molecule has 3 rings (SSSR count). The smallest absolute Gasteiger partial charge is 0.429 e. The van der Waals surface area contributed by atoms with Crippen LogP contribution in [0.5, 0.6) is 11.5 Å². The Kier molecular flexibility index (Phi) is 6.96. The molecule has 0 bridgehead atoms. The van der Waals surface area contributed by atoms with Gasteiger partial charge in [0.2, 0.25) is 0 Å². The Balaban J connectivity index is 1.79. The fourth-order valence-corrected chi connectivity index (χ4v) is 3.02. The summed E-state index contributed by atoms with van der Waals surface area (Å²) in [5, 5.41) is 0. The monoisotopic (exact) mass is 512 g/mol. The topological polar surface area (TPSA) is 18.5 Å². The van der Waals surface area contributed by atoms with Gasteiger partial charge in [-0.1, -0.05) is 13.0 Å². The lowest BCUT2D eigenvalue weighted by Gasteiger charge is -2.21. The zero-order valence-corrected chi connectivity index (χ0v) is 17.5. The van der Waals surface area contributed by atoms with Gasteiger partial charge in [-0.3, -0.25) is 0 Å². The van der Waals surface area contributed by atoms with Crippen molar-refractivity contribution >= 4 is 0 Å². The summed E-state index contributed by atoms with van der Waals surface area (Å²) in [4.78, 5) is 0. The van der Waals surface area contributed by atoms with Crippen LogP contribution < -0.4 is 9.47 Å². The Bertz CT molecular complexity index is 1180. The van der Waals surface area contributed by atoms with Crippen molar-refractivity contribution in [2.24, 2.45) is 0 Å². The average Bonchev–Trinajstić information content (AvgIpc) is 2.71. The van der Waals surface area contributed by atoms with Crippen molar-refractivity contribution < 1.29 is 53.4 Å². The number of ether oxygens (including phenoxy) is 2. The van der Waals surface area contributed by atoms with Crippen LogP contribution in [0.4, 0.5) is 43.9 Å². The summed E-state index contributed by atoms with van der Waals surface area (Å²) in [5.74, 6) is -7.47. The molecule has 0 heterocycles. The maximum absolute atomic E-state index is 14.4. The van der Waals surface area contributed by atoms with Gasteiger partial charge < -0.3 is 9.47 Å². The SMILES string of the molecule is CCc1ccc(C(F)(F)Oc2ccc(C(F)(F)Oc3cc(F)c(C(F)(F)F)c(F)c3)cc2)c(F)c1. The minimum Gasteiger partial charge on any atom is -0.429 e. The first kappa shape index (κ1) is 26.2. The number of hydrogen-bond donors (Lipinski definition) is 0. The fourth-order valence-electron chi connectivity index (χ4n) is 3.02. The van der Waals surface area contributed by atoms with Crippen molar-refractivity contribution in [1.29, 1.82) is 0 Å². The van der Waals surface area contributed by atoms with E-state index in [4.69, 9.17) is 0 Å². The molecule has 0 unspecified atom stereocenters. The molecule has 0 aliphatic carbocycles. The predicted octanol–water partition coefficient (Wildman–Crippen LogP) is 7.94. The van der Waals surface area contributed by atoms with Crippen molar-refractivity contribution in [2.45, 2.75) is 31.7 Å². The molecule has 35 heavy (non-hydrogen) atoms. The van der Waals surface area contributed by atoms with Crippen molar-refractivity contribution in [3.05, 3.63) is 94.3 Å². The first-order valence-corrected chi connectivity index (χ1v) is 9.73. The van der Waals surface area contributed by atoms with Gasteiger partial charge in [-0.05, 0) is 48.4 Å². The Hall–Kier alpha value is -3.44. The molecule has 0 spiro atoms. The van der Waals surface area contributed by atoms with Gasteiger partial charge in [0.1, 0.15) is 34.5 Å². The summed E-state index contributed by atoms with van der Waals surface area (Å²) in [6.45, 7) is 1.69. The number of aryl methyl sites for hydroxylation is 1. The van der Waals surface area contributed by atoms with Gasteiger partial charge in [0.05, 0.1) is 11.1 Å². The quantitative estimate of drug-likeness (QED) is 0.299. The lowest BCUT2D eigenvalue weighted by Crippen LogP contribution is -2.24. The van der Waals surface area contributed by atoms with Crippen LogP contribution in [0.3, 0.4) is 0 Å². The molecule has 2 nitrogen and oxygen atoms in total. The second-order valence-corrected chi connectivity index (χ2v) is 7.19. The van der Waals surface area contributed by atoms with E-state index in [0.29, 0.717) is 36.2 Å². The molecule has 0 atom stereocenters. The molecule has 0 aromatic heterocycles. The summed E-state index contributed by atoms with van der Waals surface area (Å²) in [6.07, 6.45) is -13.5. The number of hydrogen-bond acceptors (Lipinski definition) is 2. The molecule has 0 saturated carbocycles. The van der Waals surface area contributed by atoms with Crippen LogP contribution in [-0.2, 0) is 24.8 Å². The van der Waals surface area contributed by atoms with Gasteiger partial charge in [0.15, 0.2) is 0 Å². The molecule has 0 aliphatic heterocycles. The zero-order chi connectivity index (χ0) is 26.2. The van der Waals surface area contributed by atoms with Crippen molar-refractivity contribution in [3.8, 4) is 11.5 Å². The number of halogens is 10. The van der Waals surface area contributed by atoms with E-state index >= 15 is 0 Å². The van der Waals surface area contributed by atoms with Gasteiger partial charge in [-0.25, -0.2) is 13.2 Å². The maximum Gasteiger partial charge on any atom is 0.429 e. The lowest BCUT2D eigenvalue weighted by molar-refractivity contribution is -0.188. The third-order valence-electron chi connectivity index (χ3n) is 4.74. The number of rotatable bonds is 7. The molecule has 0 fully saturated rings. The van der Waals surface area contributed by atoms with Gasteiger partial charge >= 0.3 is 18.4 Å². The molecule has 0 amide bonds. The molecular formula is C23H14F10O2. The highest BCUT2D eigenvalue weighted by atomic mass is 19.4. The third-order valence-corrected chi connectivity index (χ3v) is 4.74. The Morgan fingerprint density at radius 2 is 1.17 bits per heavy atom.